The van der Waals surface area contributed by atoms with Crippen molar-refractivity contribution in [3.05, 3.63) is 35.4 Å². The van der Waals surface area contributed by atoms with Crippen molar-refractivity contribution in [2.45, 2.75) is 58.0 Å². The maximum Gasteiger partial charge on any atom is 0.0234 e. The Balaban J connectivity index is 1.58. The number of nitrogens with zero attached hydrogens (tertiary/aromatic N) is 1. The molecule has 3 rings (SSSR count). The van der Waals surface area contributed by atoms with Crippen molar-refractivity contribution in [2.75, 3.05) is 19.6 Å². The molecule has 2 aliphatic rings. The summed E-state index contributed by atoms with van der Waals surface area (Å²) < 4.78 is 0. The lowest BCUT2D eigenvalue weighted by molar-refractivity contribution is 0.216. The predicted octanol–water partition coefficient (Wildman–Crippen LogP) is 3.77. The lowest BCUT2D eigenvalue weighted by Gasteiger charge is -2.27. The van der Waals surface area contributed by atoms with Crippen LogP contribution in [0.15, 0.2) is 24.3 Å². The van der Waals surface area contributed by atoms with Crippen molar-refractivity contribution in [1.82, 2.24) is 10.2 Å². The maximum atomic E-state index is 3.64. The van der Waals surface area contributed by atoms with E-state index in [-0.39, 0.29) is 0 Å². The second-order valence-electron chi connectivity index (χ2n) is 7.40. The molecule has 1 heterocycles. The van der Waals surface area contributed by atoms with Gasteiger partial charge in [0.15, 0.2) is 0 Å². The van der Waals surface area contributed by atoms with Crippen molar-refractivity contribution in [1.29, 1.82) is 0 Å². The SMILES string of the molecule is CC(C)CN(Cc1ccc(C2CC2)cc1)CC1CCCN1. The molecule has 0 radical (unpaired) electrons. The van der Waals surface area contributed by atoms with Crippen LogP contribution in [0.4, 0.5) is 0 Å². The first-order valence-corrected chi connectivity index (χ1v) is 8.75. The number of nitrogens with one attached hydrogen (secondary N) is 1. The first kappa shape index (κ1) is 15.1. The van der Waals surface area contributed by atoms with Gasteiger partial charge in [0.2, 0.25) is 0 Å². The molecule has 2 fully saturated rings. The zero-order chi connectivity index (χ0) is 14.7. The number of rotatable bonds is 7. The zero-order valence-electron chi connectivity index (χ0n) is 13.6. The summed E-state index contributed by atoms with van der Waals surface area (Å²) in [6, 6.07) is 10.1. The lowest BCUT2D eigenvalue weighted by atomic mass is 10.1. The lowest BCUT2D eigenvalue weighted by Crippen LogP contribution is -2.38. The normalized spacial score (nSPS) is 22.4. The summed E-state index contributed by atoms with van der Waals surface area (Å²) in [5.41, 5.74) is 3.02. The van der Waals surface area contributed by atoms with Gasteiger partial charge in [-0.2, -0.15) is 0 Å². The highest BCUT2D eigenvalue weighted by atomic mass is 15.2. The number of benzene rings is 1. The van der Waals surface area contributed by atoms with Gasteiger partial charge >= 0.3 is 0 Å². The Morgan fingerprint density at radius 3 is 2.48 bits per heavy atom. The van der Waals surface area contributed by atoms with Gasteiger partial charge in [0.25, 0.3) is 0 Å². The molecule has 0 aromatic heterocycles. The molecular weight excluding hydrogens is 256 g/mol. The third-order valence-corrected chi connectivity index (χ3v) is 4.70. The Morgan fingerprint density at radius 1 is 1.14 bits per heavy atom. The van der Waals surface area contributed by atoms with E-state index >= 15 is 0 Å². The third-order valence-electron chi connectivity index (χ3n) is 4.70. The van der Waals surface area contributed by atoms with E-state index in [1.807, 2.05) is 0 Å². The van der Waals surface area contributed by atoms with E-state index < -0.39 is 0 Å². The van der Waals surface area contributed by atoms with E-state index in [0.29, 0.717) is 6.04 Å². The minimum absolute atomic E-state index is 0.703. The highest BCUT2D eigenvalue weighted by Crippen LogP contribution is 2.39. The van der Waals surface area contributed by atoms with Crippen LogP contribution in [0.25, 0.3) is 0 Å². The van der Waals surface area contributed by atoms with Gasteiger partial charge in [-0.1, -0.05) is 38.1 Å². The minimum atomic E-state index is 0.703. The van der Waals surface area contributed by atoms with Crippen LogP contribution in [0.2, 0.25) is 0 Å². The van der Waals surface area contributed by atoms with Crippen LogP contribution < -0.4 is 5.32 Å². The summed E-state index contributed by atoms with van der Waals surface area (Å²) >= 11 is 0. The van der Waals surface area contributed by atoms with Crippen LogP contribution in [0.1, 0.15) is 56.6 Å². The number of hydrogen-bond acceptors (Lipinski definition) is 2. The summed E-state index contributed by atoms with van der Waals surface area (Å²) in [7, 11) is 0. The fraction of sp³-hybridized carbons (Fsp3) is 0.684. The minimum Gasteiger partial charge on any atom is -0.313 e. The monoisotopic (exact) mass is 286 g/mol. The molecule has 1 aromatic rings. The molecule has 1 saturated carbocycles. The molecule has 1 saturated heterocycles. The second-order valence-corrected chi connectivity index (χ2v) is 7.40. The molecule has 0 spiro atoms. The van der Waals surface area contributed by atoms with Crippen LogP contribution in [0, 0.1) is 5.92 Å². The van der Waals surface area contributed by atoms with Gasteiger partial charge < -0.3 is 5.32 Å². The summed E-state index contributed by atoms with van der Waals surface area (Å²) in [5.74, 6) is 1.60. The Morgan fingerprint density at radius 2 is 1.90 bits per heavy atom. The average Bonchev–Trinajstić information content (AvgIpc) is 3.17. The van der Waals surface area contributed by atoms with Gasteiger partial charge in [0, 0.05) is 25.7 Å². The fourth-order valence-corrected chi connectivity index (χ4v) is 3.51. The molecule has 21 heavy (non-hydrogen) atoms. The molecule has 2 nitrogen and oxygen atoms in total. The molecule has 1 unspecified atom stereocenters. The van der Waals surface area contributed by atoms with Crippen LogP contribution in [0.5, 0.6) is 0 Å². The average molecular weight is 286 g/mol. The molecular formula is C19H30N2. The molecule has 2 heteroatoms. The standard InChI is InChI=1S/C19H30N2/c1-15(2)12-21(14-19-4-3-11-20-19)13-16-5-7-17(8-6-16)18-9-10-18/h5-8,15,18-20H,3-4,9-14H2,1-2H3. The van der Waals surface area contributed by atoms with Crippen molar-refractivity contribution in [3.8, 4) is 0 Å². The first-order valence-electron chi connectivity index (χ1n) is 8.75. The Kier molecular flexibility index (Phi) is 4.97. The van der Waals surface area contributed by atoms with E-state index in [1.54, 1.807) is 5.56 Å². The molecule has 1 atom stereocenters. The first-order chi connectivity index (χ1) is 10.2. The molecule has 1 aliphatic heterocycles. The van der Waals surface area contributed by atoms with E-state index in [4.69, 9.17) is 0 Å². The van der Waals surface area contributed by atoms with Crippen molar-refractivity contribution in [3.63, 3.8) is 0 Å². The Labute approximate surface area is 129 Å². The van der Waals surface area contributed by atoms with Gasteiger partial charge in [-0.25, -0.2) is 0 Å². The molecule has 0 amide bonds. The topological polar surface area (TPSA) is 15.3 Å². The van der Waals surface area contributed by atoms with E-state index in [2.05, 4.69) is 48.3 Å². The van der Waals surface area contributed by atoms with Crippen LogP contribution >= 0.6 is 0 Å². The van der Waals surface area contributed by atoms with Crippen molar-refractivity contribution >= 4 is 0 Å². The van der Waals surface area contributed by atoms with E-state index in [1.165, 1.54) is 50.9 Å². The highest BCUT2D eigenvalue weighted by molar-refractivity contribution is 5.28. The summed E-state index contributed by atoms with van der Waals surface area (Å²) in [4.78, 5) is 2.64. The molecule has 1 aromatic carbocycles. The van der Waals surface area contributed by atoms with E-state index in [9.17, 15) is 0 Å². The fourth-order valence-electron chi connectivity index (χ4n) is 3.51. The smallest absolute Gasteiger partial charge is 0.0234 e. The Hall–Kier alpha value is -0.860. The van der Waals surface area contributed by atoms with Gasteiger partial charge in [-0.05, 0) is 55.2 Å². The van der Waals surface area contributed by atoms with Gasteiger partial charge in [-0.3, -0.25) is 4.90 Å². The molecule has 1 N–H and O–H groups in total. The molecule has 1 aliphatic carbocycles. The quantitative estimate of drug-likeness (QED) is 0.821. The largest absolute Gasteiger partial charge is 0.313 e. The van der Waals surface area contributed by atoms with Crippen LogP contribution in [0.3, 0.4) is 0 Å². The van der Waals surface area contributed by atoms with Crippen molar-refractivity contribution < 1.29 is 0 Å². The second kappa shape index (κ2) is 6.93. The van der Waals surface area contributed by atoms with E-state index in [0.717, 1.165) is 18.4 Å². The van der Waals surface area contributed by atoms with Crippen LogP contribution in [-0.4, -0.2) is 30.6 Å². The zero-order valence-corrected chi connectivity index (χ0v) is 13.6. The van der Waals surface area contributed by atoms with Gasteiger partial charge in [0.1, 0.15) is 0 Å². The summed E-state index contributed by atoms with van der Waals surface area (Å²) in [6.07, 6.45) is 5.48. The predicted molar refractivity (Wildman–Crippen MR) is 89.6 cm³/mol. The summed E-state index contributed by atoms with van der Waals surface area (Å²) in [5, 5.41) is 3.64. The molecule has 116 valence electrons. The summed E-state index contributed by atoms with van der Waals surface area (Å²) in [6.45, 7) is 9.35. The Bertz CT molecular complexity index is 427. The van der Waals surface area contributed by atoms with Crippen LogP contribution in [-0.2, 0) is 6.54 Å². The van der Waals surface area contributed by atoms with Crippen molar-refractivity contribution in [2.24, 2.45) is 5.92 Å². The third kappa shape index (κ3) is 4.55. The maximum absolute atomic E-state index is 3.64. The molecule has 0 bridgehead atoms. The highest BCUT2D eigenvalue weighted by Gasteiger charge is 2.23. The number of hydrogen-bond donors (Lipinski definition) is 1. The van der Waals surface area contributed by atoms with Gasteiger partial charge in [-0.15, -0.1) is 0 Å². The van der Waals surface area contributed by atoms with Gasteiger partial charge in [0.05, 0.1) is 0 Å².